The van der Waals surface area contributed by atoms with Crippen molar-refractivity contribution in [3.63, 3.8) is 0 Å². The number of anilines is 1. The molecule has 1 fully saturated rings. The Kier molecular flexibility index (Phi) is 5.76. The molecule has 0 N–H and O–H groups in total. The van der Waals surface area contributed by atoms with Gasteiger partial charge in [-0.05, 0) is 49.5 Å². The molecule has 2 aliphatic rings. The van der Waals surface area contributed by atoms with Crippen LogP contribution in [0.2, 0.25) is 0 Å². The minimum atomic E-state index is -0.826. The van der Waals surface area contributed by atoms with Gasteiger partial charge >= 0.3 is 0 Å². The van der Waals surface area contributed by atoms with Crippen molar-refractivity contribution in [2.24, 2.45) is 0 Å². The highest BCUT2D eigenvalue weighted by Gasteiger charge is 2.54. The Bertz CT molecular complexity index is 1280. The van der Waals surface area contributed by atoms with Gasteiger partial charge in [-0.3, -0.25) is 14.6 Å². The van der Waals surface area contributed by atoms with Crippen LogP contribution in [0.1, 0.15) is 35.3 Å². The summed E-state index contributed by atoms with van der Waals surface area (Å²) in [4.78, 5) is 17.7. The van der Waals surface area contributed by atoms with Gasteiger partial charge in [-0.15, -0.1) is 0 Å². The molecule has 7 nitrogen and oxygen atoms in total. The van der Waals surface area contributed by atoms with E-state index >= 15 is 0 Å². The number of fused-ring (bicyclic) bond motifs is 4. The van der Waals surface area contributed by atoms with Crippen LogP contribution in [-0.2, 0) is 0 Å². The van der Waals surface area contributed by atoms with Crippen molar-refractivity contribution in [3.8, 4) is 23.0 Å². The van der Waals surface area contributed by atoms with E-state index in [0.717, 1.165) is 11.3 Å². The van der Waals surface area contributed by atoms with Crippen molar-refractivity contribution >= 4 is 28.9 Å². The molecular weight excluding hydrogens is 464 g/mol. The second-order valence-electron chi connectivity index (χ2n) is 8.61. The Morgan fingerprint density at radius 2 is 1.66 bits per heavy atom. The van der Waals surface area contributed by atoms with Crippen LogP contribution in [0.3, 0.4) is 0 Å². The topological polar surface area (TPSA) is 60.5 Å². The van der Waals surface area contributed by atoms with Crippen LogP contribution in [0, 0.1) is 0 Å². The van der Waals surface area contributed by atoms with E-state index in [1.54, 1.807) is 44.4 Å². The van der Waals surface area contributed by atoms with E-state index in [-0.39, 0.29) is 11.9 Å². The summed E-state index contributed by atoms with van der Waals surface area (Å²) in [6.07, 6.45) is 0.509. The highest BCUT2D eigenvalue weighted by molar-refractivity contribution is 7.80. The molecule has 0 aromatic heterocycles. The summed E-state index contributed by atoms with van der Waals surface area (Å²) >= 11 is 6.00. The molecule has 2 atom stereocenters. The molecule has 1 saturated heterocycles. The molecule has 3 aromatic rings. The molecule has 2 bridgehead atoms. The van der Waals surface area contributed by atoms with Crippen LogP contribution in [-0.4, -0.2) is 43.0 Å². The van der Waals surface area contributed by atoms with Crippen LogP contribution < -0.4 is 23.8 Å². The van der Waals surface area contributed by atoms with Gasteiger partial charge < -0.3 is 18.9 Å². The van der Waals surface area contributed by atoms with Crippen LogP contribution in [0.15, 0.2) is 66.7 Å². The molecule has 2 aliphatic heterocycles. The number of carbonyl (C=O) groups excluding carboxylic acids is 1. The Labute approximate surface area is 209 Å². The molecule has 1 amide bonds. The monoisotopic (exact) mass is 490 g/mol. The van der Waals surface area contributed by atoms with Crippen molar-refractivity contribution in [1.29, 1.82) is 0 Å². The Morgan fingerprint density at radius 3 is 2.29 bits per heavy atom. The summed E-state index contributed by atoms with van der Waals surface area (Å²) in [6, 6.07) is 20.2. The fourth-order valence-corrected chi connectivity index (χ4v) is 5.37. The number of nitrogens with zero attached hydrogens (tertiary/aromatic N) is 2. The third kappa shape index (κ3) is 3.74. The summed E-state index contributed by atoms with van der Waals surface area (Å²) in [5, 5.41) is 0.357. The van der Waals surface area contributed by atoms with Crippen LogP contribution >= 0.6 is 12.2 Å². The number of para-hydroxylation sites is 2. The van der Waals surface area contributed by atoms with Crippen molar-refractivity contribution in [1.82, 2.24) is 4.90 Å². The summed E-state index contributed by atoms with van der Waals surface area (Å²) in [6.45, 7) is 1.99. The SMILES string of the molecule is COc1cc(OC)cc(C(=O)N2C(=S)N(c3ccccc3)[C@@]3(C)C[C@H]2c2cccc(OC)c2O3)c1. The number of thiocarbonyl (C=S) groups is 1. The van der Waals surface area contributed by atoms with Gasteiger partial charge in [0.15, 0.2) is 22.3 Å². The lowest BCUT2D eigenvalue weighted by Crippen LogP contribution is -2.67. The molecule has 3 aromatic carbocycles. The van der Waals surface area contributed by atoms with Gasteiger partial charge in [0, 0.05) is 29.3 Å². The first-order valence-corrected chi connectivity index (χ1v) is 11.6. The van der Waals surface area contributed by atoms with Gasteiger partial charge in [0.1, 0.15) is 11.5 Å². The summed E-state index contributed by atoms with van der Waals surface area (Å²) in [5.74, 6) is 2.01. The number of methoxy groups -OCH3 is 3. The third-order valence-electron chi connectivity index (χ3n) is 6.50. The van der Waals surface area contributed by atoms with E-state index in [1.165, 1.54) is 0 Å². The van der Waals surface area contributed by atoms with Crippen molar-refractivity contribution in [2.75, 3.05) is 26.2 Å². The number of benzene rings is 3. The maximum absolute atomic E-state index is 14.1. The molecule has 5 rings (SSSR count). The number of carbonyl (C=O) groups is 1. The molecule has 2 heterocycles. The molecule has 8 heteroatoms. The lowest BCUT2D eigenvalue weighted by molar-refractivity contribution is 0.0162. The van der Waals surface area contributed by atoms with Crippen LogP contribution in [0.25, 0.3) is 0 Å². The molecule has 0 radical (unpaired) electrons. The van der Waals surface area contributed by atoms with E-state index < -0.39 is 5.72 Å². The lowest BCUT2D eigenvalue weighted by atomic mass is 9.88. The maximum Gasteiger partial charge on any atom is 0.260 e. The van der Waals surface area contributed by atoms with E-state index in [1.807, 2.05) is 60.4 Å². The second-order valence-corrected chi connectivity index (χ2v) is 8.97. The molecule has 0 aliphatic carbocycles. The normalized spacial score (nSPS) is 20.6. The number of hydrogen-bond acceptors (Lipinski definition) is 6. The number of hydrogen-bond donors (Lipinski definition) is 0. The fraction of sp³-hybridized carbons (Fsp3) is 0.259. The van der Waals surface area contributed by atoms with Crippen molar-refractivity contribution in [3.05, 3.63) is 77.9 Å². The highest BCUT2D eigenvalue weighted by atomic mass is 32.1. The second kappa shape index (κ2) is 8.78. The van der Waals surface area contributed by atoms with Gasteiger partial charge in [-0.1, -0.05) is 30.3 Å². The third-order valence-corrected chi connectivity index (χ3v) is 6.88. The maximum atomic E-state index is 14.1. The number of rotatable bonds is 5. The van der Waals surface area contributed by atoms with Gasteiger partial charge in [-0.2, -0.15) is 0 Å². The van der Waals surface area contributed by atoms with E-state index in [0.29, 0.717) is 40.1 Å². The lowest BCUT2D eigenvalue weighted by Gasteiger charge is -2.55. The quantitative estimate of drug-likeness (QED) is 0.456. The molecule has 35 heavy (non-hydrogen) atoms. The van der Waals surface area contributed by atoms with Crippen LogP contribution in [0.4, 0.5) is 5.69 Å². The van der Waals surface area contributed by atoms with Gasteiger partial charge in [0.2, 0.25) is 0 Å². The van der Waals surface area contributed by atoms with Crippen molar-refractivity contribution < 1.29 is 23.7 Å². The fourth-order valence-electron chi connectivity index (χ4n) is 4.87. The smallest absolute Gasteiger partial charge is 0.260 e. The van der Waals surface area contributed by atoms with E-state index in [4.69, 9.17) is 31.2 Å². The standard InChI is InChI=1S/C27H26N2O5S/c1-27-16-22(21-11-8-12-23(33-4)24(21)34-27)28(26(35)29(27)18-9-6-5-7-10-18)25(30)17-13-19(31-2)15-20(14-17)32-3/h5-15,22H,16H2,1-4H3/t22-,27+/m0/s1. The average Bonchev–Trinajstić information content (AvgIpc) is 2.88. The molecule has 180 valence electrons. The number of ether oxygens (including phenoxy) is 4. The molecule has 0 saturated carbocycles. The Hall–Kier alpha value is -3.78. The van der Waals surface area contributed by atoms with Crippen molar-refractivity contribution in [2.45, 2.75) is 25.1 Å². The molecule has 0 spiro atoms. The van der Waals surface area contributed by atoms with E-state index in [9.17, 15) is 4.79 Å². The Morgan fingerprint density at radius 1 is 0.971 bits per heavy atom. The van der Waals surface area contributed by atoms with E-state index in [2.05, 4.69) is 0 Å². The zero-order valence-corrected chi connectivity index (χ0v) is 20.8. The van der Waals surface area contributed by atoms with Crippen LogP contribution in [0.5, 0.6) is 23.0 Å². The molecular formula is C27H26N2O5S. The first-order valence-electron chi connectivity index (χ1n) is 11.2. The predicted molar refractivity (Wildman–Crippen MR) is 137 cm³/mol. The minimum Gasteiger partial charge on any atom is -0.497 e. The van der Waals surface area contributed by atoms with Gasteiger partial charge in [0.05, 0.1) is 27.4 Å². The zero-order chi connectivity index (χ0) is 24.7. The van der Waals surface area contributed by atoms with Gasteiger partial charge in [0.25, 0.3) is 5.91 Å². The minimum absolute atomic E-state index is 0.254. The largest absolute Gasteiger partial charge is 0.497 e. The average molecular weight is 491 g/mol. The first-order chi connectivity index (χ1) is 16.9. The zero-order valence-electron chi connectivity index (χ0n) is 20.0. The summed E-state index contributed by atoms with van der Waals surface area (Å²) in [7, 11) is 4.72. The number of amides is 1. The Balaban J connectivity index is 1.69. The summed E-state index contributed by atoms with van der Waals surface area (Å²) < 4.78 is 23.0. The van der Waals surface area contributed by atoms with Gasteiger partial charge in [-0.25, -0.2) is 0 Å². The first kappa shape index (κ1) is 23.0. The highest BCUT2D eigenvalue weighted by Crippen LogP contribution is 2.52. The summed E-state index contributed by atoms with van der Waals surface area (Å²) in [5.41, 5.74) is 1.27. The molecule has 0 unspecified atom stereocenters. The predicted octanol–water partition coefficient (Wildman–Crippen LogP) is 5.20.